The number of aryl methyl sites for hydroxylation is 1. The van der Waals surface area contributed by atoms with E-state index >= 15 is 0 Å². The summed E-state index contributed by atoms with van der Waals surface area (Å²) in [6.07, 6.45) is -10.3. The summed E-state index contributed by atoms with van der Waals surface area (Å²) >= 11 is 0. The van der Waals surface area contributed by atoms with Gasteiger partial charge in [-0.25, -0.2) is 4.39 Å². The summed E-state index contributed by atoms with van der Waals surface area (Å²) in [5.74, 6) is -1.54. The molecule has 2 fully saturated rings. The number of carbonyl (C=O) groups excluding carboxylic acids is 1. The average molecular weight is 601 g/mol. The van der Waals surface area contributed by atoms with Crippen molar-refractivity contribution in [2.45, 2.75) is 63.4 Å². The molecular weight excluding hydrogens is 569 g/mol. The zero-order valence-electron chi connectivity index (χ0n) is 22.9. The van der Waals surface area contributed by atoms with Crippen LogP contribution in [-0.4, -0.2) is 47.8 Å². The van der Waals surface area contributed by atoms with E-state index in [4.69, 9.17) is 4.74 Å². The van der Waals surface area contributed by atoms with Gasteiger partial charge in [-0.1, -0.05) is 6.07 Å². The summed E-state index contributed by atoms with van der Waals surface area (Å²) < 4.78 is 101. The average Bonchev–Trinajstić information content (AvgIpc) is 3.24. The number of halogens is 7. The fraction of sp³-hybridized carbons (Fsp3) is 0.500. The van der Waals surface area contributed by atoms with Crippen molar-refractivity contribution in [1.29, 1.82) is 0 Å². The van der Waals surface area contributed by atoms with E-state index in [9.17, 15) is 40.6 Å². The van der Waals surface area contributed by atoms with Crippen LogP contribution in [0.5, 0.6) is 0 Å². The highest BCUT2D eigenvalue weighted by Gasteiger charge is 2.51. The Kier molecular flexibility index (Phi) is 8.19. The van der Waals surface area contributed by atoms with Crippen molar-refractivity contribution in [2.75, 3.05) is 19.6 Å². The van der Waals surface area contributed by atoms with E-state index in [0.717, 1.165) is 5.56 Å². The van der Waals surface area contributed by atoms with Crippen molar-refractivity contribution in [1.82, 2.24) is 10.2 Å². The number of benzene rings is 2. The highest BCUT2D eigenvalue weighted by molar-refractivity contribution is 5.92. The van der Waals surface area contributed by atoms with Gasteiger partial charge >= 0.3 is 12.4 Å². The first-order chi connectivity index (χ1) is 19.6. The lowest BCUT2D eigenvalue weighted by atomic mass is 9.68. The van der Waals surface area contributed by atoms with Crippen LogP contribution in [0, 0.1) is 24.6 Å². The summed E-state index contributed by atoms with van der Waals surface area (Å²) in [5.41, 5.74) is -1.13. The third-order valence-electron chi connectivity index (χ3n) is 8.66. The molecule has 5 rings (SSSR count). The molecule has 2 aromatic carbocycles. The second kappa shape index (κ2) is 11.3. The normalized spacial score (nSPS) is 27.6. The van der Waals surface area contributed by atoms with Crippen LogP contribution in [0.2, 0.25) is 0 Å². The van der Waals surface area contributed by atoms with Crippen LogP contribution >= 0.6 is 0 Å². The number of hydrogen-bond donors (Lipinski definition) is 2. The molecule has 1 unspecified atom stereocenters. The van der Waals surface area contributed by atoms with E-state index in [1.54, 1.807) is 17.9 Å². The first kappa shape index (κ1) is 30.5. The molecule has 6 atom stereocenters. The van der Waals surface area contributed by atoms with Crippen LogP contribution < -0.4 is 5.32 Å². The van der Waals surface area contributed by atoms with Crippen molar-refractivity contribution in [3.05, 3.63) is 81.8 Å². The van der Waals surface area contributed by atoms with Gasteiger partial charge in [-0.3, -0.25) is 4.79 Å². The van der Waals surface area contributed by atoms with Gasteiger partial charge in [0.05, 0.1) is 29.9 Å². The molecule has 0 radical (unpaired) electrons. The summed E-state index contributed by atoms with van der Waals surface area (Å²) in [6, 6.07) is 5.70. The molecule has 0 amide bonds. The minimum atomic E-state index is -4.99. The van der Waals surface area contributed by atoms with E-state index in [-0.39, 0.29) is 35.8 Å². The minimum absolute atomic E-state index is 0.0835. The topological polar surface area (TPSA) is 61.8 Å². The molecular formula is C30H31F7N2O3. The van der Waals surface area contributed by atoms with Crippen LogP contribution in [0.15, 0.2) is 48.2 Å². The number of nitrogens with zero attached hydrogens (tertiary/aromatic N) is 1. The maximum Gasteiger partial charge on any atom is 0.416 e. The Balaban J connectivity index is 1.50. The lowest BCUT2D eigenvalue weighted by Crippen LogP contribution is -2.41. The largest absolute Gasteiger partial charge is 0.416 e. The Hall–Kier alpha value is -2.96. The number of alkyl halides is 6. The van der Waals surface area contributed by atoms with Crippen molar-refractivity contribution >= 4 is 5.78 Å². The van der Waals surface area contributed by atoms with Crippen molar-refractivity contribution in [2.24, 2.45) is 11.8 Å². The third-order valence-corrected chi connectivity index (χ3v) is 8.66. The van der Waals surface area contributed by atoms with Crippen LogP contribution in [0.4, 0.5) is 30.7 Å². The standard InChI is InChI=1S/C30H31F7N2O3/c1-15-7-20(31)3-4-23(15)27-25-14-39(21-11-22(40)13-38-12-21)28(41)24(25)5-6-26(27)42-16(2)17-8-18(29(32,33)34)10-19(9-17)30(35,36)37/h3-4,7-11,16,24-28,38,41H,5-6,12-14H2,1-2H3/t16-,24+,25-,26+,27+,28?/m1/s1. The second-order valence-corrected chi connectivity index (χ2v) is 11.4. The molecule has 2 aromatic rings. The van der Waals surface area contributed by atoms with Gasteiger partial charge in [0.25, 0.3) is 0 Å². The predicted molar refractivity (Wildman–Crippen MR) is 138 cm³/mol. The van der Waals surface area contributed by atoms with Gasteiger partial charge in [0, 0.05) is 36.7 Å². The monoisotopic (exact) mass is 600 g/mol. The summed E-state index contributed by atoms with van der Waals surface area (Å²) in [7, 11) is 0. The molecule has 42 heavy (non-hydrogen) atoms. The van der Waals surface area contributed by atoms with E-state index in [0.29, 0.717) is 49.3 Å². The maximum atomic E-state index is 14.1. The Morgan fingerprint density at radius 3 is 2.24 bits per heavy atom. The highest BCUT2D eigenvalue weighted by atomic mass is 19.4. The van der Waals surface area contributed by atoms with Gasteiger partial charge < -0.3 is 20.1 Å². The smallest absolute Gasteiger partial charge is 0.373 e. The number of aliphatic hydroxyl groups is 1. The van der Waals surface area contributed by atoms with Crippen molar-refractivity contribution < 1.29 is 45.4 Å². The highest BCUT2D eigenvalue weighted by Crippen LogP contribution is 2.51. The van der Waals surface area contributed by atoms with Gasteiger partial charge in [0.2, 0.25) is 0 Å². The SMILES string of the molecule is Cc1cc(F)ccc1[C@H]1[C@@H]2CN(C3=CC(=O)CNC3)C(O)[C@H]2CC[C@@H]1O[C@H](C)c1cc(C(F)(F)F)cc(C(F)(F)F)c1. The van der Waals surface area contributed by atoms with Crippen molar-refractivity contribution in [3.63, 3.8) is 0 Å². The van der Waals surface area contributed by atoms with Crippen LogP contribution in [0.1, 0.15) is 59.6 Å². The van der Waals surface area contributed by atoms with Gasteiger partial charge in [0.15, 0.2) is 5.78 Å². The molecule has 228 valence electrons. The number of rotatable bonds is 5. The zero-order chi connectivity index (χ0) is 30.6. The van der Waals surface area contributed by atoms with E-state index in [1.807, 2.05) is 0 Å². The molecule has 1 saturated heterocycles. The first-order valence-corrected chi connectivity index (χ1v) is 13.7. The fourth-order valence-electron chi connectivity index (χ4n) is 6.70. The van der Waals surface area contributed by atoms with Crippen LogP contribution in [-0.2, 0) is 21.9 Å². The van der Waals surface area contributed by atoms with Gasteiger partial charge in [0.1, 0.15) is 12.0 Å². The second-order valence-electron chi connectivity index (χ2n) is 11.4. The van der Waals surface area contributed by atoms with Gasteiger partial charge in [-0.05, 0) is 79.6 Å². The first-order valence-electron chi connectivity index (χ1n) is 13.7. The Bertz CT molecular complexity index is 1340. The molecule has 5 nitrogen and oxygen atoms in total. The summed E-state index contributed by atoms with van der Waals surface area (Å²) in [4.78, 5) is 13.8. The molecule has 0 aromatic heterocycles. The lowest BCUT2D eigenvalue weighted by Gasteiger charge is -2.41. The number of aliphatic hydroxyl groups excluding tert-OH is 1. The van der Waals surface area contributed by atoms with Crippen molar-refractivity contribution in [3.8, 4) is 0 Å². The number of fused-ring (bicyclic) bond motifs is 1. The minimum Gasteiger partial charge on any atom is -0.373 e. The van der Waals surface area contributed by atoms with E-state index < -0.39 is 53.7 Å². The Morgan fingerprint density at radius 1 is 0.976 bits per heavy atom. The molecule has 0 bridgehead atoms. The number of likely N-dealkylation sites (tertiary alicyclic amines) is 1. The molecule has 12 heteroatoms. The molecule has 1 saturated carbocycles. The molecule has 2 heterocycles. The van der Waals surface area contributed by atoms with Crippen LogP contribution in [0.25, 0.3) is 0 Å². The Labute approximate surface area is 238 Å². The number of carbonyl (C=O) groups is 1. The number of hydrogen-bond acceptors (Lipinski definition) is 5. The molecule has 1 aliphatic carbocycles. The predicted octanol–water partition coefficient (Wildman–Crippen LogP) is 6.12. The number of ether oxygens (including phenoxy) is 1. The van der Waals surface area contributed by atoms with Gasteiger partial charge in [-0.2, -0.15) is 26.3 Å². The molecule has 0 spiro atoms. The van der Waals surface area contributed by atoms with Gasteiger partial charge in [-0.15, -0.1) is 0 Å². The van der Waals surface area contributed by atoms with E-state index in [2.05, 4.69) is 5.32 Å². The summed E-state index contributed by atoms with van der Waals surface area (Å²) in [5, 5.41) is 14.3. The quantitative estimate of drug-likeness (QED) is 0.406. The Morgan fingerprint density at radius 2 is 1.64 bits per heavy atom. The molecule has 3 aliphatic rings. The maximum absolute atomic E-state index is 14.1. The molecule has 2 aliphatic heterocycles. The number of ketones is 1. The third kappa shape index (κ3) is 6.07. The summed E-state index contributed by atoms with van der Waals surface area (Å²) in [6.45, 7) is 4.05. The van der Waals surface area contributed by atoms with Crippen LogP contribution in [0.3, 0.4) is 0 Å². The number of nitrogens with one attached hydrogen (secondary N) is 1. The molecule has 2 N–H and O–H groups in total. The zero-order valence-corrected chi connectivity index (χ0v) is 22.9. The fourth-order valence-corrected chi connectivity index (χ4v) is 6.70. The van der Waals surface area contributed by atoms with E-state index in [1.165, 1.54) is 25.1 Å². The lowest BCUT2D eigenvalue weighted by molar-refractivity contribution is -0.143.